The van der Waals surface area contributed by atoms with E-state index in [-0.39, 0.29) is 5.89 Å². The van der Waals surface area contributed by atoms with E-state index < -0.39 is 11.9 Å². The molecule has 1 aromatic carbocycles. The molecule has 0 fully saturated rings. The molecule has 0 unspecified atom stereocenters. The number of aromatic carboxylic acids is 1. The first-order chi connectivity index (χ1) is 8.75. The van der Waals surface area contributed by atoms with E-state index in [2.05, 4.69) is 15.2 Å². The third kappa shape index (κ3) is 1.60. The average molecular weight is 241 g/mol. The number of carbonyl (C=O) groups is 1. The van der Waals surface area contributed by atoms with Crippen molar-refractivity contribution >= 4 is 16.9 Å². The first kappa shape index (κ1) is 10.4. The van der Waals surface area contributed by atoms with E-state index in [9.17, 15) is 4.79 Å². The third-order valence-corrected chi connectivity index (χ3v) is 2.48. The number of carboxylic acids is 1. The van der Waals surface area contributed by atoms with Crippen LogP contribution in [0.4, 0.5) is 0 Å². The quantitative estimate of drug-likeness (QED) is 0.737. The van der Waals surface area contributed by atoms with Crippen LogP contribution in [0.5, 0.6) is 0 Å². The summed E-state index contributed by atoms with van der Waals surface area (Å²) in [7, 11) is 0. The molecule has 3 rings (SSSR count). The van der Waals surface area contributed by atoms with Crippen molar-refractivity contribution in [3.8, 4) is 11.5 Å². The highest BCUT2D eigenvalue weighted by Crippen LogP contribution is 2.26. The molecule has 0 amide bonds. The first-order valence-corrected chi connectivity index (χ1v) is 5.16. The Morgan fingerprint density at radius 3 is 2.83 bits per heavy atom. The molecule has 6 nitrogen and oxygen atoms in total. The second kappa shape index (κ2) is 3.92. The van der Waals surface area contributed by atoms with E-state index in [1.165, 1.54) is 0 Å². The Labute approximate surface area is 101 Å². The van der Waals surface area contributed by atoms with Gasteiger partial charge in [-0.15, -0.1) is 10.2 Å². The second-order valence-electron chi connectivity index (χ2n) is 3.59. The summed E-state index contributed by atoms with van der Waals surface area (Å²) in [5.74, 6) is -1.50. The molecule has 2 aromatic heterocycles. The van der Waals surface area contributed by atoms with E-state index in [4.69, 9.17) is 9.52 Å². The molecule has 0 spiro atoms. The van der Waals surface area contributed by atoms with E-state index in [0.29, 0.717) is 5.56 Å². The number of nitrogens with zero attached hydrogens (tertiary/aromatic N) is 3. The second-order valence-corrected chi connectivity index (χ2v) is 3.59. The van der Waals surface area contributed by atoms with Crippen LogP contribution in [0.1, 0.15) is 10.7 Å². The summed E-state index contributed by atoms with van der Waals surface area (Å²) in [6.07, 6.45) is 1.68. The van der Waals surface area contributed by atoms with Crippen LogP contribution < -0.4 is 0 Å². The Kier molecular flexibility index (Phi) is 2.26. The fraction of sp³-hybridized carbons (Fsp3) is 0. The van der Waals surface area contributed by atoms with Crippen molar-refractivity contribution in [1.29, 1.82) is 0 Å². The van der Waals surface area contributed by atoms with Gasteiger partial charge >= 0.3 is 11.9 Å². The minimum atomic E-state index is -1.24. The Balaban J connectivity index is 2.21. The van der Waals surface area contributed by atoms with E-state index in [0.717, 1.165) is 10.9 Å². The lowest BCUT2D eigenvalue weighted by atomic mass is 10.1. The largest absolute Gasteiger partial charge is 0.474 e. The van der Waals surface area contributed by atoms with Gasteiger partial charge in [-0.2, -0.15) is 0 Å². The standard InChI is InChI=1S/C12H7N3O3/c16-12(17)11-15-14-10(18-11)8-3-1-5-9-7(8)4-2-6-13-9/h1-6H,(H,16,17). The van der Waals surface area contributed by atoms with Crippen LogP contribution in [0.2, 0.25) is 0 Å². The predicted octanol–water partition coefficient (Wildman–Crippen LogP) is 1.98. The highest BCUT2D eigenvalue weighted by molar-refractivity contribution is 5.92. The number of fused-ring (bicyclic) bond motifs is 1. The fourth-order valence-electron chi connectivity index (χ4n) is 1.71. The van der Waals surface area contributed by atoms with Gasteiger partial charge in [-0.05, 0) is 18.2 Å². The van der Waals surface area contributed by atoms with Crippen molar-refractivity contribution in [3.05, 3.63) is 42.4 Å². The molecule has 0 bridgehead atoms. The number of hydrogen-bond acceptors (Lipinski definition) is 5. The lowest BCUT2D eigenvalue weighted by Crippen LogP contribution is -1.95. The van der Waals surface area contributed by atoms with Crippen LogP contribution in [0.3, 0.4) is 0 Å². The normalized spacial score (nSPS) is 10.7. The van der Waals surface area contributed by atoms with Crippen LogP contribution in [-0.4, -0.2) is 26.3 Å². The summed E-state index contributed by atoms with van der Waals surface area (Å²) in [5.41, 5.74) is 1.45. The Bertz CT molecular complexity index is 731. The number of pyridine rings is 1. The lowest BCUT2D eigenvalue weighted by molar-refractivity contribution is 0.0654. The van der Waals surface area contributed by atoms with Crippen molar-refractivity contribution < 1.29 is 14.3 Å². The van der Waals surface area contributed by atoms with Gasteiger partial charge in [0, 0.05) is 17.1 Å². The van der Waals surface area contributed by atoms with Crippen LogP contribution >= 0.6 is 0 Å². The van der Waals surface area contributed by atoms with Crippen molar-refractivity contribution in [2.75, 3.05) is 0 Å². The summed E-state index contributed by atoms with van der Waals surface area (Å²) >= 11 is 0. The molecule has 0 saturated carbocycles. The molecule has 18 heavy (non-hydrogen) atoms. The Morgan fingerprint density at radius 1 is 1.17 bits per heavy atom. The number of aromatic nitrogens is 3. The highest BCUT2D eigenvalue weighted by atomic mass is 16.4. The van der Waals surface area contributed by atoms with Crippen LogP contribution in [0.25, 0.3) is 22.4 Å². The Morgan fingerprint density at radius 2 is 2.06 bits per heavy atom. The topological polar surface area (TPSA) is 89.1 Å². The van der Waals surface area contributed by atoms with Gasteiger partial charge in [-0.1, -0.05) is 12.1 Å². The van der Waals surface area contributed by atoms with Gasteiger partial charge in [-0.25, -0.2) is 4.79 Å². The highest BCUT2D eigenvalue weighted by Gasteiger charge is 2.15. The maximum Gasteiger partial charge on any atom is 0.393 e. The first-order valence-electron chi connectivity index (χ1n) is 5.16. The summed E-state index contributed by atoms with van der Waals surface area (Å²) < 4.78 is 5.09. The predicted molar refractivity (Wildman–Crippen MR) is 62.0 cm³/mol. The zero-order valence-electron chi connectivity index (χ0n) is 9.07. The zero-order valence-corrected chi connectivity index (χ0v) is 9.07. The van der Waals surface area contributed by atoms with E-state index in [1.54, 1.807) is 24.4 Å². The van der Waals surface area contributed by atoms with Crippen LogP contribution in [0, 0.1) is 0 Å². The van der Waals surface area contributed by atoms with Crippen molar-refractivity contribution in [2.24, 2.45) is 0 Å². The minimum Gasteiger partial charge on any atom is -0.474 e. The lowest BCUT2D eigenvalue weighted by Gasteiger charge is -2.00. The smallest absolute Gasteiger partial charge is 0.393 e. The molecular weight excluding hydrogens is 234 g/mol. The Hall–Kier alpha value is -2.76. The van der Waals surface area contributed by atoms with E-state index in [1.807, 2.05) is 12.1 Å². The molecule has 88 valence electrons. The molecule has 0 saturated heterocycles. The molecule has 0 aliphatic rings. The van der Waals surface area contributed by atoms with Crippen LogP contribution in [0.15, 0.2) is 40.9 Å². The summed E-state index contributed by atoms with van der Waals surface area (Å²) in [4.78, 5) is 14.9. The molecule has 0 radical (unpaired) electrons. The molecule has 0 atom stereocenters. The molecular formula is C12H7N3O3. The molecule has 3 aromatic rings. The van der Waals surface area contributed by atoms with Gasteiger partial charge in [0.25, 0.3) is 0 Å². The van der Waals surface area contributed by atoms with Crippen molar-refractivity contribution in [3.63, 3.8) is 0 Å². The van der Waals surface area contributed by atoms with Gasteiger partial charge in [0.05, 0.1) is 5.52 Å². The number of hydrogen-bond donors (Lipinski definition) is 1. The monoisotopic (exact) mass is 241 g/mol. The number of rotatable bonds is 2. The molecule has 0 aliphatic heterocycles. The van der Waals surface area contributed by atoms with Crippen molar-refractivity contribution in [1.82, 2.24) is 15.2 Å². The van der Waals surface area contributed by atoms with Crippen LogP contribution in [-0.2, 0) is 0 Å². The maximum absolute atomic E-state index is 10.7. The molecule has 1 N–H and O–H groups in total. The van der Waals surface area contributed by atoms with Crippen molar-refractivity contribution in [2.45, 2.75) is 0 Å². The minimum absolute atomic E-state index is 0.172. The number of benzene rings is 1. The van der Waals surface area contributed by atoms with Gasteiger partial charge < -0.3 is 9.52 Å². The summed E-state index contributed by atoms with van der Waals surface area (Å²) in [6, 6.07) is 9.09. The maximum atomic E-state index is 10.7. The van der Waals surface area contributed by atoms with Gasteiger partial charge in [-0.3, -0.25) is 4.98 Å². The SMILES string of the molecule is O=C(O)c1nnc(-c2cccc3ncccc23)o1. The number of carboxylic acid groups (broad SMARTS) is 1. The fourth-order valence-corrected chi connectivity index (χ4v) is 1.71. The zero-order chi connectivity index (χ0) is 12.5. The summed E-state index contributed by atoms with van der Waals surface area (Å²) in [5, 5.41) is 16.8. The van der Waals surface area contributed by atoms with E-state index >= 15 is 0 Å². The van der Waals surface area contributed by atoms with Gasteiger partial charge in [0.2, 0.25) is 5.89 Å². The molecule has 2 heterocycles. The van der Waals surface area contributed by atoms with Gasteiger partial charge in [0.1, 0.15) is 0 Å². The molecule has 0 aliphatic carbocycles. The van der Waals surface area contributed by atoms with Gasteiger partial charge in [0.15, 0.2) is 0 Å². The average Bonchev–Trinajstić information content (AvgIpc) is 2.87. The third-order valence-electron chi connectivity index (χ3n) is 2.48. The summed E-state index contributed by atoms with van der Waals surface area (Å²) in [6.45, 7) is 0. The molecule has 6 heteroatoms.